The summed E-state index contributed by atoms with van der Waals surface area (Å²) >= 11 is 0. The van der Waals surface area contributed by atoms with Crippen LogP contribution in [-0.2, 0) is 0 Å². The van der Waals surface area contributed by atoms with Crippen molar-refractivity contribution in [3.63, 3.8) is 0 Å². The number of nitrogens with zero attached hydrogens (tertiary/aromatic N) is 1. The summed E-state index contributed by atoms with van der Waals surface area (Å²) in [7, 11) is -4.95. The number of para-hydroxylation sites is 4. The van der Waals surface area contributed by atoms with Crippen molar-refractivity contribution in [3.8, 4) is 11.5 Å². The molecule has 282 valence electrons. The van der Waals surface area contributed by atoms with E-state index in [2.05, 4.69) is 187 Å². The quantitative estimate of drug-likeness (QED) is 0.167. The number of hydrogen-bond donors (Lipinski definition) is 0. The van der Waals surface area contributed by atoms with E-state index in [0.29, 0.717) is 0 Å². The van der Waals surface area contributed by atoms with E-state index in [4.69, 9.17) is 13.6 Å². The number of anilines is 3. The SMILES string of the molecule is c1ccc([SiH]2c3ccccc3[Si]3(c4ccccc4Oc4ccccc43)c3ccc(N(c4ccc5c(c4)oc4ccccc45)c4ccc5c(c4)oc4ccccc45)cc32)cc1. The zero-order valence-corrected chi connectivity index (χ0v) is 34.5. The first kappa shape index (κ1) is 33.6. The van der Waals surface area contributed by atoms with Crippen molar-refractivity contribution >= 4 is 114 Å². The third kappa shape index (κ3) is 4.71. The highest BCUT2D eigenvalue weighted by molar-refractivity contribution is 7.27. The first-order valence-corrected chi connectivity index (χ1v) is 24.3. The van der Waals surface area contributed by atoms with Gasteiger partial charge in [-0.1, -0.05) is 149 Å². The van der Waals surface area contributed by atoms with E-state index in [9.17, 15) is 0 Å². The van der Waals surface area contributed by atoms with Gasteiger partial charge in [0.25, 0.3) is 0 Å². The molecular weight excluding hydrogens is 767 g/mol. The summed E-state index contributed by atoms with van der Waals surface area (Å²) in [5.74, 6) is 1.90. The minimum atomic E-state index is -2.89. The second-order valence-corrected chi connectivity index (χ2v) is 22.4. The minimum absolute atomic E-state index is 0.855. The van der Waals surface area contributed by atoms with Crippen LogP contribution in [0.5, 0.6) is 11.5 Å². The van der Waals surface area contributed by atoms with E-state index < -0.39 is 16.9 Å². The van der Waals surface area contributed by atoms with E-state index >= 15 is 0 Å². The average molecular weight is 802 g/mol. The van der Waals surface area contributed by atoms with Crippen LogP contribution in [0.1, 0.15) is 0 Å². The molecule has 60 heavy (non-hydrogen) atoms. The Hall–Kier alpha value is -7.39. The van der Waals surface area contributed by atoms with Crippen molar-refractivity contribution in [2.45, 2.75) is 0 Å². The van der Waals surface area contributed by atoms with Crippen molar-refractivity contribution in [2.24, 2.45) is 0 Å². The second-order valence-electron chi connectivity index (χ2n) is 15.9. The summed E-state index contributed by atoms with van der Waals surface area (Å²) in [6.45, 7) is 0. The summed E-state index contributed by atoms with van der Waals surface area (Å²) in [6, 6.07) is 75.3. The van der Waals surface area contributed by atoms with Gasteiger partial charge in [-0.25, -0.2) is 0 Å². The highest BCUT2D eigenvalue weighted by Crippen LogP contribution is 2.41. The lowest BCUT2D eigenvalue weighted by molar-refractivity contribution is 0.487. The Morgan fingerprint density at radius 3 is 1.45 bits per heavy atom. The molecule has 0 bridgehead atoms. The molecule has 2 aromatic heterocycles. The Morgan fingerprint density at radius 1 is 0.350 bits per heavy atom. The fourth-order valence-corrected chi connectivity index (χ4v) is 20.8. The minimum Gasteiger partial charge on any atom is -0.458 e. The van der Waals surface area contributed by atoms with Gasteiger partial charge >= 0.3 is 0 Å². The number of rotatable bonds is 4. The molecule has 2 aliphatic heterocycles. The highest BCUT2D eigenvalue weighted by Gasteiger charge is 2.53. The molecule has 0 saturated heterocycles. The summed E-state index contributed by atoms with van der Waals surface area (Å²) in [4.78, 5) is 2.39. The van der Waals surface area contributed by atoms with Crippen LogP contribution in [0, 0.1) is 0 Å². The maximum atomic E-state index is 6.76. The van der Waals surface area contributed by atoms with Gasteiger partial charge in [0.15, 0.2) is 8.07 Å². The number of furan rings is 2. The monoisotopic (exact) mass is 801 g/mol. The third-order valence-electron chi connectivity index (χ3n) is 12.9. The molecule has 4 nitrogen and oxygen atoms in total. The number of benzene rings is 9. The van der Waals surface area contributed by atoms with Crippen LogP contribution in [0.15, 0.2) is 215 Å². The molecule has 2 aliphatic rings. The van der Waals surface area contributed by atoms with Gasteiger partial charge in [-0.15, -0.1) is 0 Å². The summed E-state index contributed by atoms with van der Waals surface area (Å²) < 4.78 is 19.8. The second kappa shape index (κ2) is 12.8. The summed E-state index contributed by atoms with van der Waals surface area (Å²) in [5.41, 5.74) is 6.60. The van der Waals surface area contributed by atoms with E-state index in [1.54, 1.807) is 0 Å². The molecule has 13 rings (SSSR count). The maximum absolute atomic E-state index is 6.76. The van der Waals surface area contributed by atoms with Crippen LogP contribution in [0.3, 0.4) is 0 Å². The average Bonchev–Trinajstić information content (AvgIpc) is 3.87. The molecule has 0 saturated carbocycles. The van der Waals surface area contributed by atoms with Crippen LogP contribution in [0.2, 0.25) is 0 Å². The zero-order valence-electron chi connectivity index (χ0n) is 32.4. The fraction of sp³-hybridized carbons (Fsp3) is 0. The summed E-state index contributed by atoms with van der Waals surface area (Å²) in [6.07, 6.45) is 0. The van der Waals surface area contributed by atoms with Gasteiger partial charge in [-0.05, 0) is 81.4 Å². The molecule has 1 atom stereocenters. The van der Waals surface area contributed by atoms with Crippen LogP contribution in [0.25, 0.3) is 43.9 Å². The van der Waals surface area contributed by atoms with Gasteiger partial charge in [0.05, 0.1) is 0 Å². The molecular formula is C54H35NO3Si2. The lowest BCUT2D eigenvalue weighted by Gasteiger charge is -2.46. The predicted molar refractivity (Wildman–Crippen MR) is 252 cm³/mol. The van der Waals surface area contributed by atoms with Crippen LogP contribution < -0.4 is 45.9 Å². The van der Waals surface area contributed by atoms with E-state index in [1.165, 1.54) is 36.3 Å². The Labute approximate surface area is 348 Å². The topological polar surface area (TPSA) is 38.8 Å². The highest BCUT2D eigenvalue weighted by atomic mass is 28.3. The molecule has 6 heteroatoms. The van der Waals surface area contributed by atoms with Gasteiger partial charge in [-0.2, -0.15) is 0 Å². The van der Waals surface area contributed by atoms with E-state index in [1.807, 2.05) is 24.3 Å². The Bertz CT molecular complexity index is 3360. The number of ether oxygens (including phenoxy) is 1. The fourth-order valence-electron chi connectivity index (χ4n) is 10.4. The molecule has 0 fully saturated rings. The van der Waals surface area contributed by atoms with Crippen molar-refractivity contribution in [3.05, 3.63) is 206 Å². The maximum Gasteiger partial charge on any atom is 0.188 e. The molecule has 0 amide bonds. The van der Waals surface area contributed by atoms with Crippen LogP contribution in [0.4, 0.5) is 17.1 Å². The van der Waals surface area contributed by atoms with Gasteiger partial charge in [0.2, 0.25) is 0 Å². The van der Waals surface area contributed by atoms with Gasteiger partial charge in [-0.3, -0.25) is 0 Å². The zero-order chi connectivity index (χ0) is 39.4. The molecule has 1 spiro atoms. The Balaban J connectivity index is 1.11. The molecule has 9 aromatic carbocycles. The van der Waals surface area contributed by atoms with Crippen molar-refractivity contribution in [1.29, 1.82) is 0 Å². The summed E-state index contributed by atoms with van der Waals surface area (Å²) in [5, 5.41) is 14.3. The molecule has 4 heterocycles. The molecule has 0 aliphatic carbocycles. The van der Waals surface area contributed by atoms with Crippen LogP contribution in [-0.4, -0.2) is 16.9 Å². The first-order chi connectivity index (χ1) is 29.7. The van der Waals surface area contributed by atoms with Crippen LogP contribution >= 0.6 is 0 Å². The normalized spacial score (nSPS) is 14.8. The smallest absolute Gasteiger partial charge is 0.188 e. The lowest BCUT2D eigenvalue weighted by atomic mass is 10.1. The van der Waals surface area contributed by atoms with E-state index in [-0.39, 0.29) is 0 Å². The van der Waals surface area contributed by atoms with Crippen molar-refractivity contribution in [2.75, 3.05) is 4.90 Å². The molecule has 11 aromatic rings. The third-order valence-corrected chi connectivity index (χ3v) is 21.7. The predicted octanol–water partition coefficient (Wildman–Crippen LogP) is 9.00. The van der Waals surface area contributed by atoms with Gasteiger partial charge < -0.3 is 18.5 Å². The van der Waals surface area contributed by atoms with Gasteiger partial charge in [0, 0.05) is 50.7 Å². The number of hydrogen-bond acceptors (Lipinski definition) is 4. The largest absolute Gasteiger partial charge is 0.458 e. The Kier molecular flexibility index (Phi) is 7.17. The molecule has 1 unspecified atom stereocenters. The molecule has 0 radical (unpaired) electrons. The number of fused-ring (bicyclic) bond motifs is 14. The standard InChI is InChI=1S/C54H35NO3Si2/c1-2-14-38(15-3-1)59-49-22-10-13-25-53(49)60(51-23-11-8-20-45(51)58-46-21-9-12-24-52(46)60)54-31-28-37(34-50(54)59)55(35-26-29-41-39-16-4-6-18-43(39)56-47(41)32-35)36-27-30-42-40-17-5-7-19-44(40)57-48(42)33-36/h1-34,59H. The Morgan fingerprint density at radius 2 is 0.817 bits per heavy atom. The molecule has 0 N–H and O–H groups in total. The lowest BCUT2D eigenvalue weighted by Crippen LogP contribution is -2.87. The first-order valence-electron chi connectivity index (χ1n) is 20.5. The van der Waals surface area contributed by atoms with E-state index in [0.717, 1.165) is 72.4 Å². The van der Waals surface area contributed by atoms with Crippen molar-refractivity contribution in [1.82, 2.24) is 0 Å². The van der Waals surface area contributed by atoms with Crippen molar-refractivity contribution < 1.29 is 13.6 Å². The van der Waals surface area contributed by atoms with Gasteiger partial charge in [0.1, 0.15) is 42.6 Å².